The number of nitrogens with zero attached hydrogens (tertiary/aromatic N) is 4. The molecule has 5 heteroatoms. The van der Waals surface area contributed by atoms with Crippen LogP contribution in [0.2, 0.25) is 0 Å². The summed E-state index contributed by atoms with van der Waals surface area (Å²) in [5.41, 5.74) is 7.61. The zero-order chi connectivity index (χ0) is 11.7. The fourth-order valence-electron chi connectivity index (χ4n) is 1.90. The van der Waals surface area contributed by atoms with Crippen LogP contribution < -0.4 is 5.73 Å². The first-order valence-corrected chi connectivity index (χ1v) is 5.51. The van der Waals surface area contributed by atoms with Crippen LogP contribution in [0.25, 0.3) is 10.9 Å². The molecule has 0 bridgehead atoms. The van der Waals surface area contributed by atoms with Gasteiger partial charge >= 0.3 is 0 Å². The van der Waals surface area contributed by atoms with Crippen molar-refractivity contribution in [3.05, 3.63) is 42.9 Å². The molecule has 0 atom stereocenters. The first-order valence-electron chi connectivity index (χ1n) is 5.51. The predicted molar refractivity (Wildman–Crippen MR) is 66.4 cm³/mol. The summed E-state index contributed by atoms with van der Waals surface area (Å²) in [5, 5.41) is 9.63. The van der Waals surface area contributed by atoms with E-state index in [-0.39, 0.29) is 0 Å². The van der Waals surface area contributed by atoms with Crippen molar-refractivity contribution < 1.29 is 0 Å². The number of aromatic nitrogens is 4. The van der Waals surface area contributed by atoms with Crippen molar-refractivity contribution in [2.75, 3.05) is 5.73 Å². The van der Waals surface area contributed by atoms with Gasteiger partial charge in [-0.2, -0.15) is 10.2 Å². The van der Waals surface area contributed by atoms with Crippen molar-refractivity contribution in [2.24, 2.45) is 0 Å². The summed E-state index contributed by atoms with van der Waals surface area (Å²) in [5.74, 6) is 0. The number of benzene rings is 1. The Bertz CT molecular complexity index is 623. The molecule has 1 aromatic carbocycles. The maximum Gasteiger partial charge on any atom is 0.0703 e. The molecular formula is C12H13N5. The molecule has 2 N–H and O–H groups in total. The Hall–Kier alpha value is -2.30. The first kappa shape index (κ1) is 9.89. The standard InChI is InChI=1S/C12H13N5/c13-11-3-2-10-9-15-17(12(10)8-11)7-6-16-5-1-4-14-16/h1-5,8-9H,6-7,13H2. The highest BCUT2D eigenvalue weighted by Crippen LogP contribution is 2.16. The van der Waals surface area contributed by atoms with Gasteiger partial charge in [0.15, 0.2) is 0 Å². The van der Waals surface area contributed by atoms with E-state index >= 15 is 0 Å². The number of aryl methyl sites for hydroxylation is 2. The minimum absolute atomic E-state index is 0.762. The van der Waals surface area contributed by atoms with Crippen LogP contribution in [-0.4, -0.2) is 19.6 Å². The lowest BCUT2D eigenvalue weighted by molar-refractivity contribution is 0.510. The van der Waals surface area contributed by atoms with Crippen molar-refractivity contribution in [3.8, 4) is 0 Å². The minimum atomic E-state index is 0.762. The molecule has 5 nitrogen and oxygen atoms in total. The molecule has 0 aliphatic rings. The smallest absolute Gasteiger partial charge is 0.0703 e. The third-order valence-electron chi connectivity index (χ3n) is 2.77. The summed E-state index contributed by atoms with van der Waals surface area (Å²) in [6.07, 6.45) is 5.58. The number of fused-ring (bicyclic) bond motifs is 1. The zero-order valence-electron chi connectivity index (χ0n) is 9.32. The fourth-order valence-corrected chi connectivity index (χ4v) is 1.90. The third-order valence-corrected chi connectivity index (χ3v) is 2.77. The average Bonchev–Trinajstić information content (AvgIpc) is 2.94. The average molecular weight is 227 g/mol. The summed E-state index contributed by atoms with van der Waals surface area (Å²) < 4.78 is 3.84. The Morgan fingerprint density at radius 1 is 1.18 bits per heavy atom. The van der Waals surface area contributed by atoms with E-state index in [1.807, 2.05) is 46.0 Å². The highest BCUT2D eigenvalue weighted by Gasteiger charge is 2.02. The Balaban J connectivity index is 1.87. The van der Waals surface area contributed by atoms with Gasteiger partial charge in [-0.15, -0.1) is 0 Å². The van der Waals surface area contributed by atoms with Gasteiger partial charge in [0.1, 0.15) is 0 Å². The molecule has 2 heterocycles. The Kier molecular flexibility index (Phi) is 2.29. The van der Waals surface area contributed by atoms with E-state index in [9.17, 15) is 0 Å². The highest BCUT2D eigenvalue weighted by atomic mass is 15.3. The maximum absolute atomic E-state index is 5.78. The number of hydrogen-bond donors (Lipinski definition) is 1. The summed E-state index contributed by atoms with van der Waals surface area (Å²) in [6, 6.07) is 7.74. The molecule has 0 spiro atoms. The van der Waals surface area contributed by atoms with E-state index in [4.69, 9.17) is 5.73 Å². The molecular weight excluding hydrogens is 214 g/mol. The number of rotatable bonds is 3. The topological polar surface area (TPSA) is 61.7 Å². The van der Waals surface area contributed by atoms with Crippen LogP contribution in [0.3, 0.4) is 0 Å². The SMILES string of the molecule is Nc1ccc2cnn(CCn3cccn3)c2c1. The van der Waals surface area contributed by atoms with Crippen molar-refractivity contribution in [3.63, 3.8) is 0 Å². The predicted octanol–water partition coefficient (Wildman–Crippen LogP) is 1.52. The Morgan fingerprint density at radius 3 is 2.94 bits per heavy atom. The molecule has 0 amide bonds. The van der Waals surface area contributed by atoms with Gasteiger partial charge in [-0.05, 0) is 24.3 Å². The summed E-state index contributed by atoms with van der Waals surface area (Å²) in [4.78, 5) is 0. The highest BCUT2D eigenvalue weighted by molar-refractivity contribution is 5.81. The molecule has 3 rings (SSSR count). The van der Waals surface area contributed by atoms with Crippen LogP contribution in [0, 0.1) is 0 Å². The number of nitrogen functional groups attached to an aromatic ring is 1. The largest absolute Gasteiger partial charge is 0.399 e. The van der Waals surface area contributed by atoms with Crippen LogP contribution in [0.5, 0.6) is 0 Å². The minimum Gasteiger partial charge on any atom is -0.399 e. The summed E-state index contributed by atoms with van der Waals surface area (Å²) >= 11 is 0. The second-order valence-electron chi connectivity index (χ2n) is 3.96. The van der Waals surface area contributed by atoms with Crippen molar-refractivity contribution in [1.82, 2.24) is 19.6 Å². The van der Waals surface area contributed by atoms with Gasteiger partial charge in [0.25, 0.3) is 0 Å². The number of anilines is 1. The van der Waals surface area contributed by atoms with Gasteiger partial charge in [0.05, 0.1) is 24.8 Å². The van der Waals surface area contributed by atoms with E-state index in [0.29, 0.717) is 0 Å². The van der Waals surface area contributed by atoms with Crippen LogP contribution >= 0.6 is 0 Å². The molecule has 0 radical (unpaired) electrons. The Labute approximate surface area is 98.5 Å². The first-order chi connectivity index (χ1) is 8.33. The van der Waals surface area contributed by atoms with Crippen LogP contribution in [0.1, 0.15) is 0 Å². The summed E-state index contributed by atoms with van der Waals surface area (Å²) in [6.45, 7) is 1.59. The maximum atomic E-state index is 5.78. The monoisotopic (exact) mass is 227 g/mol. The van der Waals surface area contributed by atoms with Gasteiger partial charge in [-0.25, -0.2) is 0 Å². The van der Waals surface area contributed by atoms with Crippen LogP contribution in [-0.2, 0) is 13.1 Å². The van der Waals surface area contributed by atoms with E-state index in [1.54, 1.807) is 6.20 Å². The summed E-state index contributed by atoms with van der Waals surface area (Å²) in [7, 11) is 0. The van der Waals surface area contributed by atoms with Crippen molar-refractivity contribution >= 4 is 16.6 Å². The van der Waals surface area contributed by atoms with Gasteiger partial charge in [0.2, 0.25) is 0 Å². The molecule has 0 saturated carbocycles. The lowest BCUT2D eigenvalue weighted by Crippen LogP contribution is -2.08. The quantitative estimate of drug-likeness (QED) is 0.690. The molecule has 86 valence electrons. The second kappa shape index (κ2) is 3.93. The fraction of sp³-hybridized carbons (Fsp3) is 0.167. The van der Waals surface area contributed by atoms with E-state index in [0.717, 1.165) is 29.7 Å². The lowest BCUT2D eigenvalue weighted by Gasteiger charge is -2.04. The number of hydrogen-bond acceptors (Lipinski definition) is 3. The second-order valence-corrected chi connectivity index (χ2v) is 3.96. The Morgan fingerprint density at radius 2 is 2.12 bits per heavy atom. The lowest BCUT2D eigenvalue weighted by atomic mass is 10.2. The van der Waals surface area contributed by atoms with E-state index in [1.165, 1.54) is 0 Å². The van der Waals surface area contributed by atoms with Crippen molar-refractivity contribution in [2.45, 2.75) is 13.1 Å². The van der Waals surface area contributed by atoms with Gasteiger partial charge in [-0.3, -0.25) is 9.36 Å². The molecule has 17 heavy (non-hydrogen) atoms. The molecule has 3 aromatic rings. The van der Waals surface area contributed by atoms with Gasteiger partial charge in [0, 0.05) is 23.5 Å². The molecule has 0 aliphatic heterocycles. The van der Waals surface area contributed by atoms with E-state index in [2.05, 4.69) is 10.2 Å². The van der Waals surface area contributed by atoms with Crippen molar-refractivity contribution in [1.29, 1.82) is 0 Å². The zero-order valence-corrected chi connectivity index (χ0v) is 9.32. The molecule has 0 fully saturated rings. The van der Waals surface area contributed by atoms with E-state index < -0.39 is 0 Å². The normalized spacial score (nSPS) is 11.1. The third kappa shape index (κ3) is 1.87. The van der Waals surface area contributed by atoms with Crippen LogP contribution in [0.15, 0.2) is 42.9 Å². The van der Waals surface area contributed by atoms with Crippen LogP contribution in [0.4, 0.5) is 5.69 Å². The molecule has 0 unspecified atom stereocenters. The molecule has 0 saturated heterocycles. The molecule has 2 aromatic heterocycles. The van der Waals surface area contributed by atoms with Gasteiger partial charge in [-0.1, -0.05) is 0 Å². The molecule has 0 aliphatic carbocycles. The number of nitrogens with two attached hydrogens (primary N) is 1. The van der Waals surface area contributed by atoms with Gasteiger partial charge < -0.3 is 5.73 Å².